The van der Waals surface area contributed by atoms with Crippen LogP contribution in [-0.4, -0.2) is 61.3 Å². The zero-order valence-electron chi connectivity index (χ0n) is 6.54. The number of hydrogen-bond donors (Lipinski definition) is 5. The van der Waals surface area contributed by atoms with E-state index in [0.717, 1.165) is 0 Å². The van der Waals surface area contributed by atoms with Crippen LogP contribution in [0.2, 0.25) is 0 Å². The molecular weight excluding hydrogens is 248 g/mol. The van der Waals surface area contributed by atoms with Gasteiger partial charge in [-0.3, -0.25) is 0 Å². The van der Waals surface area contributed by atoms with Crippen molar-refractivity contribution in [3.63, 3.8) is 0 Å². The monoisotopic (exact) mass is 258 g/mol. The van der Waals surface area contributed by atoms with Crippen LogP contribution in [0.4, 0.5) is 0 Å². The Kier molecular flexibility index (Phi) is 3.29. The lowest BCUT2D eigenvalue weighted by atomic mass is 9.99. The second-order valence-electron chi connectivity index (χ2n) is 2.87. The molecule has 7 heteroatoms. The van der Waals surface area contributed by atoms with Crippen molar-refractivity contribution in [2.24, 2.45) is 0 Å². The van der Waals surface area contributed by atoms with Crippen LogP contribution < -0.4 is 0 Å². The molecule has 1 unspecified atom stereocenters. The third kappa shape index (κ3) is 2.01. The quantitative estimate of drug-likeness (QED) is 0.333. The largest absolute Gasteiger partial charge is 0.394 e. The molecule has 0 radical (unpaired) electrons. The molecule has 0 spiro atoms. The number of alkyl halides is 1. The van der Waals surface area contributed by atoms with Gasteiger partial charge >= 0.3 is 0 Å². The molecule has 1 aliphatic heterocycles. The summed E-state index contributed by atoms with van der Waals surface area (Å²) < 4.78 is 2.54. The predicted octanol–water partition coefficient (Wildman–Crippen LogP) is -2.50. The summed E-state index contributed by atoms with van der Waals surface area (Å²) in [5.74, 6) is 0. The van der Waals surface area contributed by atoms with E-state index < -0.39 is 35.7 Å². The standard InChI is InChI=1S/C6H11BrO6/c7-6(12)5(11)4(10)3(9)2(1-8)13-6/h2-5,8-12H,1H2/t2-,3+,4+,5-,6?/m1/s1. The molecule has 1 heterocycles. The van der Waals surface area contributed by atoms with Crippen molar-refractivity contribution in [3.8, 4) is 0 Å². The topological polar surface area (TPSA) is 110 Å². The van der Waals surface area contributed by atoms with Crippen molar-refractivity contribution in [2.45, 2.75) is 29.1 Å². The molecule has 1 saturated heterocycles. The van der Waals surface area contributed by atoms with Crippen molar-refractivity contribution in [2.75, 3.05) is 6.61 Å². The van der Waals surface area contributed by atoms with E-state index in [9.17, 15) is 20.4 Å². The van der Waals surface area contributed by atoms with Gasteiger partial charge in [-0.05, 0) is 15.9 Å². The highest BCUT2D eigenvalue weighted by Crippen LogP contribution is 2.32. The normalized spacial score (nSPS) is 52.2. The lowest BCUT2D eigenvalue weighted by molar-refractivity contribution is -0.301. The molecule has 78 valence electrons. The molecule has 1 rings (SSSR count). The summed E-state index contributed by atoms with van der Waals surface area (Å²) in [4.78, 5) is 0. The van der Waals surface area contributed by atoms with Crippen molar-refractivity contribution in [1.29, 1.82) is 0 Å². The zero-order valence-corrected chi connectivity index (χ0v) is 8.12. The highest BCUT2D eigenvalue weighted by atomic mass is 79.9. The average Bonchev–Trinajstić information content (AvgIpc) is 2.08. The first-order valence-corrected chi connectivity index (χ1v) is 4.43. The Labute approximate surface area is 82.5 Å². The maximum absolute atomic E-state index is 9.29. The summed E-state index contributed by atoms with van der Waals surface area (Å²) in [7, 11) is 0. The average molecular weight is 259 g/mol. The fourth-order valence-electron chi connectivity index (χ4n) is 1.11. The van der Waals surface area contributed by atoms with Gasteiger partial charge in [-0.2, -0.15) is 0 Å². The van der Waals surface area contributed by atoms with Crippen LogP contribution in [0.25, 0.3) is 0 Å². The minimum absolute atomic E-state index is 0.571. The van der Waals surface area contributed by atoms with E-state index in [1.54, 1.807) is 0 Å². The predicted molar refractivity (Wildman–Crippen MR) is 43.9 cm³/mol. The smallest absolute Gasteiger partial charge is 0.254 e. The van der Waals surface area contributed by atoms with Gasteiger partial charge in [-0.15, -0.1) is 0 Å². The zero-order chi connectivity index (χ0) is 10.2. The molecule has 1 fully saturated rings. The fraction of sp³-hybridized carbons (Fsp3) is 1.00. The first-order valence-electron chi connectivity index (χ1n) is 3.64. The molecular formula is C6H11BrO6. The van der Waals surface area contributed by atoms with E-state index in [-0.39, 0.29) is 0 Å². The van der Waals surface area contributed by atoms with Crippen molar-refractivity contribution < 1.29 is 30.3 Å². The Balaban J connectivity index is 2.79. The first kappa shape index (κ1) is 11.3. The van der Waals surface area contributed by atoms with E-state index in [4.69, 9.17) is 5.11 Å². The van der Waals surface area contributed by atoms with Gasteiger partial charge in [0.25, 0.3) is 4.70 Å². The van der Waals surface area contributed by atoms with E-state index >= 15 is 0 Å². The van der Waals surface area contributed by atoms with Crippen molar-refractivity contribution in [1.82, 2.24) is 0 Å². The molecule has 0 bridgehead atoms. The van der Waals surface area contributed by atoms with E-state index in [1.165, 1.54) is 0 Å². The van der Waals surface area contributed by atoms with Gasteiger partial charge in [0.1, 0.15) is 24.4 Å². The lowest BCUT2D eigenvalue weighted by Crippen LogP contribution is -2.62. The number of aliphatic hydroxyl groups is 5. The Morgan fingerprint density at radius 1 is 1.23 bits per heavy atom. The number of ether oxygens (including phenoxy) is 1. The molecule has 0 amide bonds. The fourth-order valence-corrected chi connectivity index (χ4v) is 1.63. The first-order chi connectivity index (χ1) is 5.90. The summed E-state index contributed by atoms with van der Waals surface area (Å²) in [6.45, 7) is -0.571. The molecule has 0 saturated carbocycles. The number of halogens is 1. The Hall–Kier alpha value is 0.240. The van der Waals surface area contributed by atoms with Crippen LogP contribution in [0.1, 0.15) is 0 Å². The third-order valence-electron chi connectivity index (χ3n) is 1.92. The van der Waals surface area contributed by atoms with Gasteiger partial charge < -0.3 is 30.3 Å². The molecule has 13 heavy (non-hydrogen) atoms. The van der Waals surface area contributed by atoms with Crippen LogP contribution >= 0.6 is 15.9 Å². The summed E-state index contributed by atoms with van der Waals surface area (Å²) in [6.07, 6.45) is -5.82. The van der Waals surface area contributed by atoms with Crippen LogP contribution in [-0.2, 0) is 4.74 Å². The van der Waals surface area contributed by atoms with Gasteiger partial charge in [0.2, 0.25) is 0 Å². The second-order valence-corrected chi connectivity index (χ2v) is 4.01. The third-order valence-corrected chi connectivity index (χ3v) is 2.57. The molecule has 0 aliphatic carbocycles. The summed E-state index contributed by atoms with van der Waals surface area (Å²) >= 11 is 2.61. The van der Waals surface area contributed by atoms with E-state index in [0.29, 0.717) is 0 Å². The SMILES string of the molecule is OC[C@H]1OC(O)(Br)[C@H](O)[C@@H](O)[C@H]1O. The van der Waals surface area contributed by atoms with E-state index in [2.05, 4.69) is 20.7 Å². The Morgan fingerprint density at radius 2 is 1.77 bits per heavy atom. The second kappa shape index (κ2) is 3.77. The Morgan fingerprint density at radius 3 is 2.23 bits per heavy atom. The van der Waals surface area contributed by atoms with Crippen LogP contribution in [0.15, 0.2) is 0 Å². The number of aliphatic hydroxyl groups excluding tert-OH is 4. The molecule has 0 aromatic heterocycles. The summed E-state index contributed by atoms with van der Waals surface area (Å²) in [6, 6.07) is 0. The van der Waals surface area contributed by atoms with Gasteiger partial charge in [-0.1, -0.05) is 0 Å². The molecule has 5 N–H and O–H groups in total. The molecule has 0 aromatic rings. The van der Waals surface area contributed by atoms with Gasteiger partial charge in [0.15, 0.2) is 0 Å². The van der Waals surface area contributed by atoms with Crippen molar-refractivity contribution >= 4 is 15.9 Å². The van der Waals surface area contributed by atoms with Gasteiger partial charge in [0, 0.05) is 0 Å². The molecule has 5 atom stereocenters. The maximum Gasteiger partial charge on any atom is 0.254 e. The lowest BCUT2D eigenvalue weighted by Gasteiger charge is -2.42. The molecule has 6 nitrogen and oxygen atoms in total. The summed E-state index contributed by atoms with van der Waals surface area (Å²) in [5.41, 5.74) is 0. The maximum atomic E-state index is 9.29. The van der Waals surface area contributed by atoms with Gasteiger partial charge in [-0.25, -0.2) is 0 Å². The minimum Gasteiger partial charge on any atom is -0.394 e. The molecule has 1 aliphatic rings. The van der Waals surface area contributed by atoms with E-state index in [1.807, 2.05) is 0 Å². The highest BCUT2D eigenvalue weighted by molar-refractivity contribution is 9.10. The number of rotatable bonds is 1. The highest BCUT2D eigenvalue weighted by Gasteiger charge is 2.51. The van der Waals surface area contributed by atoms with Crippen molar-refractivity contribution in [3.05, 3.63) is 0 Å². The van der Waals surface area contributed by atoms with Crippen LogP contribution in [0.5, 0.6) is 0 Å². The summed E-state index contributed by atoms with van der Waals surface area (Å²) in [5, 5.41) is 45.6. The Bertz CT molecular complexity index is 184. The number of hydrogen-bond acceptors (Lipinski definition) is 6. The minimum atomic E-state index is -2.14. The molecule has 0 aromatic carbocycles. The van der Waals surface area contributed by atoms with Crippen LogP contribution in [0, 0.1) is 0 Å². The van der Waals surface area contributed by atoms with Gasteiger partial charge in [0.05, 0.1) is 6.61 Å². The van der Waals surface area contributed by atoms with Crippen LogP contribution in [0.3, 0.4) is 0 Å².